The monoisotopic (exact) mass is 464 g/mol. The van der Waals surface area contributed by atoms with Crippen LogP contribution < -0.4 is 9.62 Å². The number of hydrogen-bond donors (Lipinski definition) is 1. The molecule has 0 bridgehead atoms. The molecule has 0 spiro atoms. The van der Waals surface area contributed by atoms with Crippen LogP contribution in [0.3, 0.4) is 0 Å². The predicted molar refractivity (Wildman–Crippen MR) is 126 cm³/mol. The number of para-hydroxylation sites is 1. The summed E-state index contributed by atoms with van der Waals surface area (Å²) in [6.07, 6.45) is 3.39. The van der Waals surface area contributed by atoms with Gasteiger partial charge in [0.2, 0.25) is 0 Å². The first-order valence-electron chi connectivity index (χ1n) is 9.84. The molecule has 1 amide bonds. The number of nitrogens with zero attached hydrogens (tertiary/aromatic N) is 3. The van der Waals surface area contributed by atoms with Crippen LogP contribution in [-0.2, 0) is 10.0 Å². The lowest BCUT2D eigenvalue weighted by Gasteiger charge is -2.22. The molecule has 9 heteroatoms. The largest absolute Gasteiger partial charge is 0.298 e. The van der Waals surface area contributed by atoms with Crippen molar-refractivity contribution < 1.29 is 13.2 Å². The molecule has 2 aromatic heterocycles. The molecule has 2 aromatic carbocycles. The van der Waals surface area contributed by atoms with Crippen LogP contribution in [0.25, 0.3) is 11.3 Å². The SMILES string of the molecule is CCN(c1ccccc1)S(=O)(=O)c1ccc(C(=O)Nc2nc(-c3cccnc3)cs2)cc1. The lowest BCUT2D eigenvalue weighted by Crippen LogP contribution is -2.30. The maximum absolute atomic E-state index is 13.1. The van der Waals surface area contributed by atoms with E-state index >= 15 is 0 Å². The Balaban J connectivity index is 1.50. The van der Waals surface area contributed by atoms with E-state index in [9.17, 15) is 13.2 Å². The fourth-order valence-electron chi connectivity index (χ4n) is 3.14. The Bertz CT molecular complexity index is 1310. The topological polar surface area (TPSA) is 92.3 Å². The van der Waals surface area contributed by atoms with Gasteiger partial charge in [-0.1, -0.05) is 18.2 Å². The molecule has 2 heterocycles. The van der Waals surface area contributed by atoms with Crippen LogP contribution in [0.15, 0.2) is 89.4 Å². The van der Waals surface area contributed by atoms with Crippen LogP contribution in [0.1, 0.15) is 17.3 Å². The molecule has 0 aliphatic rings. The molecule has 0 aliphatic carbocycles. The highest BCUT2D eigenvalue weighted by atomic mass is 32.2. The molecule has 162 valence electrons. The Hall–Kier alpha value is -3.56. The van der Waals surface area contributed by atoms with Crippen molar-refractivity contribution in [3.05, 3.63) is 90.1 Å². The summed E-state index contributed by atoms with van der Waals surface area (Å²) in [6.45, 7) is 2.07. The Morgan fingerprint density at radius 3 is 2.44 bits per heavy atom. The van der Waals surface area contributed by atoms with Gasteiger partial charge in [0.05, 0.1) is 16.3 Å². The van der Waals surface area contributed by atoms with E-state index < -0.39 is 10.0 Å². The molecule has 0 fully saturated rings. The minimum atomic E-state index is -3.75. The van der Waals surface area contributed by atoms with Gasteiger partial charge >= 0.3 is 0 Å². The van der Waals surface area contributed by atoms with Gasteiger partial charge in [-0.05, 0) is 55.5 Å². The lowest BCUT2D eigenvalue weighted by atomic mass is 10.2. The number of sulfonamides is 1. The van der Waals surface area contributed by atoms with Gasteiger partial charge in [-0.25, -0.2) is 13.4 Å². The minimum absolute atomic E-state index is 0.118. The van der Waals surface area contributed by atoms with Gasteiger partial charge in [0.15, 0.2) is 5.13 Å². The molecule has 32 heavy (non-hydrogen) atoms. The number of carbonyl (C=O) groups excluding carboxylic acids is 1. The van der Waals surface area contributed by atoms with Gasteiger partial charge in [-0.15, -0.1) is 11.3 Å². The molecule has 0 saturated heterocycles. The summed E-state index contributed by atoms with van der Waals surface area (Å²) in [4.78, 5) is 21.2. The van der Waals surface area contributed by atoms with E-state index in [4.69, 9.17) is 0 Å². The number of carbonyl (C=O) groups is 1. The molecule has 1 N–H and O–H groups in total. The number of benzene rings is 2. The lowest BCUT2D eigenvalue weighted by molar-refractivity contribution is 0.102. The Morgan fingerprint density at radius 2 is 1.78 bits per heavy atom. The maximum Gasteiger partial charge on any atom is 0.264 e. The van der Waals surface area contributed by atoms with Crippen LogP contribution in [0, 0.1) is 0 Å². The highest BCUT2D eigenvalue weighted by Gasteiger charge is 2.23. The number of pyridine rings is 1. The third-order valence-electron chi connectivity index (χ3n) is 4.72. The number of nitrogens with one attached hydrogen (secondary N) is 1. The fraction of sp³-hybridized carbons (Fsp3) is 0.0870. The second-order valence-electron chi connectivity index (χ2n) is 6.76. The third kappa shape index (κ3) is 4.53. The average Bonchev–Trinajstić information content (AvgIpc) is 3.29. The van der Waals surface area contributed by atoms with E-state index in [0.717, 1.165) is 11.3 Å². The van der Waals surface area contributed by atoms with Crippen molar-refractivity contribution in [1.82, 2.24) is 9.97 Å². The average molecular weight is 465 g/mol. The quantitative estimate of drug-likeness (QED) is 0.429. The van der Waals surface area contributed by atoms with Gasteiger partial charge in [0.1, 0.15) is 0 Å². The maximum atomic E-state index is 13.1. The van der Waals surface area contributed by atoms with Gasteiger partial charge in [0, 0.05) is 35.4 Å². The van der Waals surface area contributed by atoms with Gasteiger partial charge in [-0.2, -0.15) is 0 Å². The number of rotatable bonds is 7. The first kappa shape index (κ1) is 21.7. The Kier molecular flexibility index (Phi) is 6.29. The summed E-state index contributed by atoms with van der Waals surface area (Å²) < 4.78 is 27.5. The third-order valence-corrected chi connectivity index (χ3v) is 7.39. The fourth-order valence-corrected chi connectivity index (χ4v) is 5.33. The van der Waals surface area contributed by atoms with Gasteiger partial charge < -0.3 is 0 Å². The number of thiazole rings is 1. The highest BCUT2D eigenvalue weighted by Crippen LogP contribution is 2.26. The first-order chi connectivity index (χ1) is 15.5. The first-order valence-corrected chi connectivity index (χ1v) is 12.2. The molecule has 7 nitrogen and oxygen atoms in total. The summed E-state index contributed by atoms with van der Waals surface area (Å²) in [6, 6.07) is 18.5. The molecular weight excluding hydrogens is 444 g/mol. The summed E-state index contributed by atoms with van der Waals surface area (Å²) in [5, 5.41) is 5.04. The van der Waals surface area contributed by atoms with E-state index in [1.807, 2.05) is 23.6 Å². The Morgan fingerprint density at radius 1 is 1.03 bits per heavy atom. The zero-order valence-electron chi connectivity index (χ0n) is 17.2. The van der Waals surface area contributed by atoms with Crippen LogP contribution in [0.2, 0.25) is 0 Å². The van der Waals surface area contributed by atoms with Crippen molar-refractivity contribution in [2.45, 2.75) is 11.8 Å². The van der Waals surface area contributed by atoms with Crippen LogP contribution in [0.4, 0.5) is 10.8 Å². The zero-order valence-corrected chi connectivity index (χ0v) is 18.8. The Labute approximate surface area is 190 Å². The van der Waals surface area contributed by atoms with Crippen molar-refractivity contribution in [2.24, 2.45) is 0 Å². The number of hydrogen-bond acceptors (Lipinski definition) is 6. The number of anilines is 2. The molecular formula is C23H20N4O3S2. The van der Waals surface area contributed by atoms with Crippen molar-refractivity contribution >= 4 is 38.1 Å². The highest BCUT2D eigenvalue weighted by molar-refractivity contribution is 7.92. The minimum Gasteiger partial charge on any atom is -0.298 e. The van der Waals surface area contributed by atoms with E-state index in [1.54, 1.807) is 43.6 Å². The van der Waals surface area contributed by atoms with Crippen molar-refractivity contribution in [3.63, 3.8) is 0 Å². The number of amides is 1. The summed E-state index contributed by atoms with van der Waals surface area (Å²) in [7, 11) is -3.75. The van der Waals surface area contributed by atoms with Crippen LogP contribution in [0.5, 0.6) is 0 Å². The van der Waals surface area contributed by atoms with E-state index in [2.05, 4.69) is 15.3 Å². The summed E-state index contributed by atoms with van der Waals surface area (Å²) >= 11 is 1.31. The molecule has 0 atom stereocenters. The van der Waals surface area contributed by atoms with Crippen molar-refractivity contribution in [3.8, 4) is 11.3 Å². The predicted octanol–water partition coefficient (Wildman–Crippen LogP) is 4.67. The molecule has 0 radical (unpaired) electrons. The summed E-state index contributed by atoms with van der Waals surface area (Å²) in [5.41, 5.74) is 2.51. The van der Waals surface area contributed by atoms with Crippen molar-refractivity contribution in [2.75, 3.05) is 16.2 Å². The van der Waals surface area contributed by atoms with Crippen LogP contribution >= 0.6 is 11.3 Å². The van der Waals surface area contributed by atoms with Gasteiger partial charge in [-0.3, -0.25) is 19.4 Å². The standard InChI is InChI=1S/C23H20N4O3S2/c1-2-27(19-8-4-3-5-9-19)32(29,30)20-12-10-17(11-13-20)22(28)26-23-25-21(16-31-23)18-7-6-14-24-15-18/h3-16H,2H2,1H3,(H,25,26,28). The smallest absolute Gasteiger partial charge is 0.264 e. The molecule has 0 aliphatic heterocycles. The number of aromatic nitrogens is 2. The van der Waals surface area contributed by atoms with Gasteiger partial charge in [0.25, 0.3) is 15.9 Å². The van der Waals surface area contributed by atoms with Crippen LogP contribution in [-0.4, -0.2) is 30.8 Å². The molecule has 0 saturated carbocycles. The second kappa shape index (κ2) is 9.29. The normalized spacial score (nSPS) is 11.2. The molecule has 4 aromatic rings. The second-order valence-corrected chi connectivity index (χ2v) is 9.48. The molecule has 0 unspecified atom stereocenters. The van der Waals surface area contributed by atoms with E-state index in [0.29, 0.717) is 16.4 Å². The van der Waals surface area contributed by atoms with E-state index in [-0.39, 0.29) is 17.3 Å². The van der Waals surface area contributed by atoms with Crippen molar-refractivity contribution in [1.29, 1.82) is 0 Å². The molecule has 4 rings (SSSR count). The summed E-state index contributed by atoms with van der Waals surface area (Å²) in [5.74, 6) is -0.364. The van der Waals surface area contributed by atoms with E-state index in [1.165, 1.54) is 39.9 Å². The zero-order chi connectivity index (χ0) is 22.6.